The zero-order valence-electron chi connectivity index (χ0n) is 7.95. The number of rotatable bonds is 2. The fourth-order valence-corrected chi connectivity index (χ4v) is 1.42. The molecule has 3 heteroatoms. The van der Waals surface area contributed by atoms with Crippen LogP contribution in [0.25, 0.3) is 0 Å². The van der Waals surface area contributed by atoms with Gasteiger partial charge in [0.05, 0.1) is 19.3 Å². The summed E-state index contributed by atoms with van der Waals surface area (Å²) in [7, 11) is 0. The molecular weight excluding hydrogens is 166 g/mol. The maximum Gasteiger partial charge on any atom is 0.223 e. The second-order valence-corrected chi connectivity index (χ2v) is 3.22. The molecule has 1 heterocycles. The highest BCUT2D eigenvalue weighted by atomic mass is 16.5. The zero-order valence-corrected chi connectivity index (χ0v) is 7.95. The molecule has 0 radical (unpaired) electrons. The summed E-state index contributed by atoms with van der Waals surface area (Å²) in [6.07, 6.45) is 6.09. The van der Waals surface area contributed by atoms with Gasteiger partial charge in [0.25, 0.3) is 0 Å². The van der Waals surface area contributed by atoms with Crippen LogP contribution < -0.4 is 0 Å². The van der Waals surface area contributed by atoms with E-state index >= 15 is 0 Å². The number of nitrogens with zero attached hydrogens (tertiary/aromatic N) is 1. The third kappa shape index (κ3) is 2.74. The molecule has 0 bridgehead atoms. The van der Waals surface area contributed by atoms with Gasteiger partial charge >= 0.3 is 0 Å². The van der Waals surface area contributed by atoms with Gasteiger partial charge in [-0.15, -0.1) is 12.3 Å². The molecule has 0 aliphatic carbocycles. The monoisotopic (exact) mass is 181 g/mol. The molecule has 1 saturated heterocycles. The molecule has 1 aliphatic heterocycles. The molecule has 0 aromatic rings. The van der Waals surface area contributed by atoms with Crippen LogP contribution in [0.4, 0.5) is 0 Å². The molecule has 3 nitrogen and oxygen atoms in total. The molecule has 0 N–H and O–H groups in total. The Morgan fingerprint density at radius 1 is 1.77 bits per heavy atom. The summed E-state index contributed by atoms with van der Waals surface area (Å²) in [5.41, 5.74) is 0. The average molecular weight is 181 g/mol. The highest BCUT2D eigenvalue weighted by Gasteiger charge is 2.22. The van der Waals surface area contributed by atoms with Gasteiger partial charge < -0.3 is 9.64 Å². The Morgan fingerprint density at radius 3 is 3.15 bits per heavy atom. The lowest BCUT2D eigenvalue weighted by Gasteiger charge is -2.33. The van der Waals surface area contributed by atoms with E-state index in [0.717, 1.165) is 0 Å². The number of morpholine rings is 1. The van der Waals surface area contributed by atoms with Crippen LogP contribution in [0.15, 0.2) is 0 Å². The van der Waals surface area contributed by atoms with E-state index in [9.17, 15) is 4.79 Å². The third-order valence-electron chi connectivity index (χ3n) is 2.17. The minimum absolute atomic E-state index is 0.147. The summed E-state index contributed by atoms with van der Waals surface area (Å²) in [5, 5.41) is 0. The summed E-state index contributed by atoms with van der Waals surface area (Å²) in [4.78, 5) is 13.4. The Labute approximate surface area is 79.1 Å². The first-order valence-corrected chi connectivity index (χ1v) is 4.56. The van der Waals surface area contributed by atoms with Crippen molar-refractivity contribution in [2.75, 3.05) is 19.8 Å². The van der Waals surface area contributed by atoms with Gasteiger partial charge in [-0.25, -0.2) is 0 Å². The molecule has 1 fully saturated rings. The third-order valence-corrected chi connectivity index (χ3v) is 2.17. The average Bonchev–Trinajstić information content (AvgIpc) is 2.15. The first-order valence-electron chi connectivity index (χ1n) is 4.56. The Balaban J connectivity index is 2.40. The van der Waals surface area contributed by atoms with Gasteiger partial charge in [0, 0.05) is 19.4 Å². The van der Waals surface area contributed by atoms with Gasteiger partial charge in [0.1, 0.15) is 0 Å². The first kappa shape index (κ1) is 10.1. The number of carbonyl (C=O) groups is 1. The fourth-order valence-electron chi connectivity index (χ4n) is 1.42. The number of carbonyl (C=O) groups excluding carboxylic acids is 1. The van der Waals surface area contributed by atoms with Crippen LogP contribution in [0.2, 0.25) is 0 Å². The quantitative estimate of drug-likeness (QED) is 0.585. The summed E-state index contributed by atoms with van der Waals surface area (Å²) in [6, 6.07) is 0.194. The predicted molar refractivity (Wildman–Crippen MR) is 50.1 cm³/mol. The molecule has 0 spiro atoms. The summed E-state index contributed by atoms with van der Waals surface area (Å²) >= 11 is 0. The lowest BCUT2D eigenvalue weighted by molar-refractivity contribution is -0.138. The molecular formula is C10H15NO2. The molecule has 1 aliphatic rings. The Kier molecular flexibility index (Phi) is 3.78. The normalized spacial score (nSPS) is 22.5. The molecule has 0 aromatic heterocycles. The SMILES string of the molecule is C#CCCC(=O)N1CCOC[C@H]1C. The molecule has 1 rings (SSSR count). The fraction of sp³-hybridized carbons (Fsp3) is 0.700. The van der Waals surface area contributed by atoms with E-state index in [0.29, 0.717) is 32.6 Å². The second-order valence-electron chi connectivity index (χ2n) is 3.22. The van der Waals surface area contributed by atoms with Crippen LogP contribution in [0.1, 0.15) is 19.8 Å². The van der Waals surface area contributed by atoms with Gasteiger partial charge in [-0.1, -0.05) is 0 Å². The van der Waals surface area contributed by atoms with E-state index < -0.39 is 0 Å². The first-order chi connectivity index (χ1) is 6.25. The standard InChI is InChI=1S/C10H15NO2/c1-3-4-5-10(12)11-6-7-13-8-9(11)2/h1,9H,4-8H2,2H3/t9-/m1/s1. The van der Waals surface area contributed by atoms with Crippen molar-refractivity contribution >= 4 is 5.91 Å². The van der Waals surface area contributed by atoms with Gasteiger partial charge in [0.2, 0.25) is 5.91 Å². The largest absolute Gasteiger partial charge is 0.377 e. The molecule has 0 unspecified atom stereocenters. The smallest absolute Gasteiger partial charge is 0.223 e. The molecule has 1 amide bonds. The van der Waals surface area contributed by atoms with E-state index in [1.54, 1.807) is 0 Å². The van der Waals surface area contributed by atoms with Crippen molar-refractivity contribution in [1.29, 1.82) is 0 Å². The second kappa shape index (κ2) is 4.88. The van der Waals surface area contributed by atoms with Gasteiger partial charge in [-0.05, 0) is 6.92 Å². The highest BCUT2D eigenvalue weighted by molar-refractivity contribution is 5.76. The maximum atomic E-state index is 11.5. The molecule has 13 heavy (non-hydrogen) atoms. The molecule has 0 saturated carbocycles. The van der Waals surface area contributed by atoms with Crippen LogP contribution in [-0.4, -0.2) is 36.6 Å². The zero-order chi connectivity index (χ0) is 9.68. The number of hydrogen-bond acceptors (Lipinski definition) is 2. The van der Waals surface area contributed by atoms with Crippen molar-refractivity contribution in [2.45, 2.75) is 25.8 Å². The molecule has 72 valence electrons. The Morgan fingerprint density at radius 2 is 2.54 bits per heavy atom. The molecule has 0 aromatic carbocycles. The van der Waals surface area contributed by atoms with Crippen LogP contribution in [0.3, 0.4) is 0 Å². The number of terminal acetylenes is 1. The van der Waals surface area contributed by atoms with Crippen molar-refractivity contribution < 1.29 is 9.53 Å². The lowest BCUT2D eigenvalue weighted by atomic mass is 10.2. The Bertz CT molecular complexity index is 219. The Hall–Kier alpha value is -1.01. The maximum absolute atomic E-state index is 11.5. The number of amides is 1. The minimum Gasteiger partial charge on any atom is -0.377 e. The topological polar surface area (TPSA) is 29.5 Å². The van der Waals surface area contributed by atoms with E-state index in [4.69, 9.17) is 11.2 Å². The molecule has 1 atom stereocenters. The van der Waals surface area contributed by atoms with Crippen molar-refractivity contribution in [3.05, 3.63) is 0 Å². The van der Waals surface area contributed by atoms with Crippen molar-refractivity contribution in [1.82, 2.24) is 4.90 Å². The highest BCUT2D eigenvalue weighted by Crippen LogP contribution is 2.08. The summed E-state index contributed by atoms with van der Waals surface area (Å²) in [5.74, 6) is 2.62. The van der Waals surface area contributed by atoms with E-state index in [-0.39, 0.29) is 11.9 Å². The predicted octanol–water partition coefficient (Wildman–Crippen LogP) is 0.647. The van der Waals surface area contributed by atoms with Gasteiger partial charge in [-0.2, -0.15) is 0 Å². The lowest BCUT2D eigenvalue weighted by Crippen LogP contribution is -2.46. The van der Waals surface area contributed by atoms with E-state index in [1.165, 1.54) is 0 Å². The summed E-state index contributed by atoms with van der Waals surface area (Å²) in [6.45, 7) is 3.98. The summed E-state index contributed by atoms with van der Waals surface area (Å²) < 4.78 is 5.23. The van der Waals surface area contributed by atoms with Crippen molar-refractivity contribution in [2.24, 2.45) is 0 Å². The van der Waals surface area contributed by atoms with Crippen LogP contribution >= 0.6 is 0 Å². The number of ether oxygens (including phenoxy) is 1. The van der Waals surface area contributed by atoms with Crippen LogP contribution in [-0.2, 0) is 9.53 Å². The van der Waals surface area contributed by atoms with Gasteiger partial charge in [-0.3, -0.25) is 4.79 Å². The van der Waals surface area contributed by atoms with Crippen molar-refractivity contribution in [3.63, 3.8) is 0 Å². The van der Waals surface area contributed by atoms with E-state index in [2.05, 4.69) is 5.92 Å². The number of hydrogen-bond donors (Lipinski definition) is 0. The van der Waals surface area contributed by atoms with Crippen LogP contribution in [0, 0.1) is 12.3 Å². The van der Waals surface area contributed by atoms with Gasteiger partial charge in [0.15, 0.2) is 0 Å². The van der Waals surface area contributed by atoms with E-state index in [1.807, 2.05) is 11.8 Å². The van der Waals surface area contributed by atoms with Crippen molar-refractivity contribution in [3.8, 4) is 12.3 Å². The van der Waals surface area contributed by atoms with Crippen LogP contribution in [0.5, 0.6) is 0 Å². The minimum atomic E-state index is 0.147.